The van der Waals surface area contributed by atoms with Crippen LogP contribution in [0.15, 0.2) is 6.07 Å². The zero-order valence-electron chi connectivity index (χ0n) is 13.8. The molecule has 0 unspecified atom stereocenters. The summed E-state index contributed by atoms with van der Waals surface area (Å²) in [5, 5.41) is 5.76. The normalized spacial score (nSPS) is 18.4. The maximum atomic E-state index is 13.1. The smallest absolute Gasteiger partial charge is 0.362 e. The summed E-state index contributed by atoms with van der Waals surface area (Å²) in [6.07, 6.45) is -1.67. The summed E-state index contributed by atoms with van der Waals surface area (Å²) >= 11 is 5.06. The van der Waals surface area contributed by atoms with Crippen molar-refractivity contribution in [3.63, 3.8) is 0 Å². The number of aromatic nitrogens is 2. The zero-order valence-corrected chi connectivity index (χ0v) is 14.6. The first-order valence-electron chi connectivity index (χ1n) is 8.05. The van der Waals surface area contributed by atoms with Crippen molar-refractivity contribution in [2.24, 2.45) is 5.92 Å². The van der Waals surface area contributed by atoms with E-state index in [9.17, 15) is 13.2 Å². The van der Waals surface area contributed by atoms with E-state index in [1.54, 1.807) is 0 Å². The molecule has 1 saturated heterocycles. The van der Waals surface area contributed by atoms with Crippen molar-refractivity contribution < 1.29 is 13.2 Å². The van der Waals surface area contributed by atoms with Crippen LogP contribution in [-0.2, 0) is 6.18 Å². The number of halogens is 3. The van der Waals surface area contributed by atoms with Crippen molar-refractivity contribution in [3.8, 4) is 0 Å². The van der Waals surface area contributed by atoms with Crippen LogP contribution in [0.4, 0.5) is 24.9 Å². The second kappa shape index (κ2) is 7.96. The van der Waals surface area contributed by atoms with Crippen LogP contribution in [0.5, 0.6) is 0 Å². The molecule has 2 N–H and O–H groups in total. The van der Waals surface area contributed by atoms with Gasteiger partial charge in [0.15, 0.2) is 10.8 Å². The number of rotatable bonds is 4. The molecule has 134 valence electrons. The molecule has 1 aromatic rings. The van der Waals surface area contributed by atoms with E-state index in [-0.39, 0.29) is 16.9 Å². The molecule has 5 nitrogen and oxygen atoms in total. The van der Waals surface area contributed by atoms with Gasteiger partial charge in [-0.15, -0.1) is 0 Å². The molecule has 1 fully saturated rings. The molecule has 1 aliphatic heterocycles. The fraction of sp³-hybridized carbons (Fsp3) is 0.667. The molecule has 0 radical (unpaired) electrons. The predicted molar refractivity (Wildman–Crippen MR) is 92.2 cm³/mol. The SMILES string of the molecule is CCCNC(=S)Nc1nc(N2CCC[C@H](C)C2)cc(C(F)(F)F)n1. The topological polar surface area (TPSA) is 53.1 Å². The van der Waals surface area contributed by atoms with Gasteiger partial charge in [0.25, 0.3) is 0 Å². The molecule has 1 atom stereocenters. The summed E-state index contributed by atoms with van der Waals surface area (Å²) in [7, 11) is 0. The van der Waals surface area contributed by atoms with Crippen molar-refractivity contribution in [3.05, 3.63) is 11.8 Å². The Bertz CT molecular complexity index is 579. The third kappa shape index (κ3) is 5.19. The largest absolute Gasteiger partial charge is 0.433 e. The van der Waals surface area contributed by atoms with Crippen molar-refractivity contribution in [2.75, 3.05) is 29.9 Å². The standard InChI is InChI=1S/C15H22F3N5S/c1-3-6-19-14(24)22-13-20-11(15(16,17)18)8-12(21-13)23-7-4-5-10(2)9-23/h8,10H,3-7,9H2,1-2H3,(H2,19,20,21,22,24)/t10-/m0/s1. The molecule has 24 heavy (non-hydrogen) atoms. The summed E-state index contributed by atoms with van der Waals surface area (Å²) in [4.78, 5) is 9.67. The first kappa shape index (κ1) is 18.7. The van der Waals surface area contributed by atoms with Crippen LogP contribution < -0.4 is 15.5 Å². The minimum Gasteiger partial charge on any atom is -0.362 e. The Balaban J connectivity index is 2.26. The number of piperidine rings is 1. The molecule has 2 heterocycles. The van der Waals surface area contributed by atoms with Gasteiger partial charge in [0.2, 0.25) is 5.95 Å². The van der Waals surface area contributed by atoms with E-state index >= 15 is 0 Å². The summed E-state index contributed by atoms with van der Waals surface area (Å²) in [6, 6.07) is 1.01. The number of nitrogens with one attached hydrogen (secondary N) is 2. The monoisotopic (exact) mass is 361 g/mol. The Kier molecular flexibility index (Phi) is 6.20. The summed E-state index contributed by atoms with van der Waals surface area (Å²) in [5.41, 5.74) is -0.966. The lowest BCUT2D eigenvalue weighted by molar-refractivity contribution is -0.141. The summed E-state index contributed by atoms with van der Waals surface area (Å²) in [5.74, 6) is 0.572. The molecule has 0 aromatic carbocycles. The van der Waals surface area contributed by atoms with Crippen LogP contribution in [0.2, 0.25) is 0 Å². The van der Waals surface area contributed by atoms with Crippen LogP contribution in [0.25, 0.3) is 0 Å². The molecule has 2 rings (SSSR count). The van der Waals surface area contributed by atoms with Gasteiger partial charge in [-0.3, -0.25) is 0 Å². The van der Waals surface area contributed by atoms with Gasteiger partial charge in [-0.1, -0.05) is 13.8 Å². The van der Waals surface area contributed by atoms with E-state index in [1.807, 2.05) is 11.8 Å². The molecular weight excluding hydrogens is 339 g/mol. The summed E-state index contributed by atoms with van der Waals surface area (Å²) in [6.45, 7) is 6.05. The van der Waals surface area contributed by atoms with E-state index in [0.29, 0.717) is 25.6 Å². The zero-order chi connectivity index (χ0) is 17.7. The second-order valence-electron chi connectivity index (χ2n) is 6.01. The maximum Gasteiger partial charge on any atom is 0.433 e. The van der Waals surface area contributed by atoms with Gasteiger partial charge in [0.05, 0.1) is 0 Å². The molecule has 1 aromatic heterocycles. The number of alkyl halides is 3. The van der Waals surface area contributed by atoms with E-state index < -0.39 is 11.9 Å². The Hall–Kier alpha value is -1.64. The molecule has 9 heteroatoms. The van der Waals surface area contributed by atoms with E-state index in [0.717, 1.165) is 25.3 Å². The van der Waals surface area contributed by atoms with Crippen molar-refractivity contribution >= 4 is 29.1 Å². The molecule has 0 spiro atoms. The highest BCUT2D eigenvalue weighted by molar-refractivity contribution is 7.80. The first-order chi connectivity index (χ1) is 11.3. The van der Waals surface area contributed by atoms with Crippen LogP contribution in [0, 0.1) is 5.92 Å². The lowest BCUT2D eigenvalue weighted by Gasteiger charge is -2.32. The second-order valence-corrected chi connectivity index (χ2v) is 6.42. The average Bonchev–Trinajstić information content (AvgIpc) is 2.52. The summed E-state index contributed by atoms with van der Waals surface area (Å²) < 4.78 is 39.4. The van der Waals surface area contributed by atoms with Crippen LogP contribution in [-0.4, -0.2) is 34.7 Å². The first-order valence-corrected chi connectivity index (χ1v) is 8.46. The molecule has 1 aliphatic rings. The number of thiocarbonyl (C=S) groups is 1. The highest BCUT2D eigenvalue weighted by Gasteiger charge is 2.34. The van der Waals surface area contributed by atoms with Gasteiger partial charge in [0, 0.05) is 25.7 Å². The third-order valence-corrected chi connectivity index (χ3v) is 3.99. The van der Waals surface area contributed by atoms with E-state index in [1.165, 1.54) is 0 Å². The van der Waals surface area contributed by atoms with E-state index in [4.69, 9.17) is 12.2 Å². The Morgan fingerprint density at radius 3 is 2.79 bits per heavy atom. The van der Waals surface area contributed by atoms with Gasteiger partial charge in [-0.2, -0.15) is 18.2 Å². The minimum atomic E-state index is -4.53. The lowest BCUT2D eigenvalue weighted by Crippen LogP contribution is -2.36. The predicted octanol–water partition coefficient (Wildman–Crippen LogP) is 3.43. The molecular formula is C15H22F3N5S. The number of anilines is 2. The number of nitrogens with zero attached hydrogens (tertiary/aromatic N) is 3. The average molecular weight is 361 g/mol. The van der Waals surface area contributed by atoms with Gasteiger partial charge in [0.1, 0.15) is 5.82 Å². The van der Waals surface area contributed by atoms with Crippen LogP contribution in [0.3, 0.4) is 0 Å². The van der Waals surface area contributed by atoms with Crippen molar-refractivity contribution in [2.45, 2.75) is 39.3 Å². The lowest BCUT2D eigenvalue weighted by atomic mass is 10.0. The fourth-order valence-electron chi connectivity index (χ4n) is 2.58. The molecule has 0 saturated carbocycles. The van der Waals surface area contributed by atoms with Crippen LogP contribution >= 0.6 is 12.2 Å². The minimum absolute atomic E-state index is 0.133. The van der Waals surface area contributed by atoms with Gasteiger partial charge in [-0.25, -0.2) is 4.98 Å². The third-order valence-electron chi connectivity index (χ3n) is 3.74. The van der Waals surface area contributed by atoms with Crippen LogP contribution in [0.1, 0.15) is 38.8 Å². The van der Waals surface area contributed by atoms with Gasteiger partial charge >= 0.3 is 6.18 Å². The number of hydrogen-bond acceptors (Lipinski definition) is 4. The van der Waals surface area contributed by atoms with Gasteiger partial charge in [-0.05, 0) is 37.4 Å². The van der Waals surface area contributed by atoms with Crippen molar-refractivity contribution in [1.82, 2.24) is 15.3 Å². The number of hydrogen-bond donors (Lipinski definition) is 2. The maximum absolute atomic E-state index is 13.1. The molecule has 0 amide bonds. The Morgan fingerprint density at radius 1 is 1.42 bits per heavy atom. The highest BCUT2D eigenvalue weighted by Crippen LogP contribution is 2.31. The van der Waals surface area contributed by atoms with E-state index in [2.05, 4.69) is 27.5 Å². The Morgan fingerprint density at radius 2 is 2.17 bits per heavy atom. The quantitative estimate of drug-likeness (QED) is 0.802. The highest BCUT2D eigenvalue weighted by atomic mass is 32.1. The van der Waals surface area contributed by atoms with Gasteiger partial charge < -0.3 is 15.5 Å². The molecule has 0 aliphatic carbocycles. The fourth-order valence-corrected chi connectivity index (χ4v) is 2.77. The van der Waals surface area contributed by atoms with Crippen molar-refractivity contribution in [1.29, 1.82) is 0 Å². The molecule has 0 bridgehead atoms. The Labute approximate surface area is 145 Å².